The van der Waals surface area contributed by atoms with Gasteiger partial charge in [0.05, 0.1) is 13.2 Å². The number of nitrogens with one attached hydrogen (secondary N) is 1. The molecule has 1 aliphatic heterocycles. The monoisotopic (exact) mass is 471 g/mol. The van der Waals surface area contributed by atoms with Gasteiger partial charge in [-0.1, -0.05) is 29.4 Å². The molecule has 8 heteroatoms. The molecular formula is C18H26IN5O2. The molecule has 142 valence electrons. The summed E-state index contributed by atoms with van der Waals surface area (Å²) in [6.07, 6.45) is 0.0474. The van der Waals surface area contributed by atoms with Gasteiger partial charge in [-0.25, -0.2) is 4.99 Å². The number of aliphatic imine (C=N–C) groups is 1. The second-order valence-corrected chi connectivity index (χ2v) is 6.06. The average Bonchev–Trinajstić information content (AvgIpc) is 3.04. The van der Waals surface area contributed by atoms with Gasteiger partial charge in [-0.05, 0) is 25.0 Å². The Kier molecular flexibility index (Phi) is 7.83. The lowest BCUT2D eigenvalue weighted by Gasteiger charge is -2.35. The molecule has 2 heterocycles. The lowest BCUT2D eigenvalue weighted by Crippen LogP contribution is -2.48. The van der Waals surface area contributed by atoms with Crippen LogP contribution >= 0.6 is 24.0 Å². The number of aryl methyl sites for hydroxylation is 2. The maximum atomic E-state index is 6.01. The van der Waals surface area contributed by atoms with Gasteiger partial charge in [-0.2, -0.15) is 4.98 Å². The predicted octanol–water partition coefficient (Wildman–Crippen LogP) is 2.84. The van der Waals surface area contributed by atoms with Gasteiger partial charge in [-0.15, -0.1) is 24.0 Å². The number of ether oxygens (including phenoxy) is 1. The van der Waals surface area contributed by atoms with Crippen LogP contribution in [0.3, 0.4) is 0 Å². The molecule has 0 spiro atoms. The molecule has 2 aromatic rings. The Bertz CT molecular complexity index is 734. The van der Waals surface area contributed by atoms with Gasteiger partial charge in [0.25, 0.3) is 0 Å². The predicted molar refractivity (Wildman–Crippen MR) is 111 cm³/mol. The fourth-order valence-electron chi connectivity index (χ4n) is 2.95. The zero-order chi connectivity index (χ0) is 17.6. The first-order valence-electron chi connectivity index (χ1n) is 8.67. The number of hydrogen-bond donors (Lipinski definition) is 1. The molecule has 1 aliphatic rings. The summed E-state index contributed by atoms with van der Waals surface area (Å²) in [4.78, 5) is 11.1. The van der Waals surface area contributed by atoms with E-state index in [4.69, 9.17) is 9.26 Å². The molecule has 1 saturated heterocycles. The minimum atomic E-state index is 0. The Hall–Kier alpha value is -1.68. The summed E-state index contributed by atoms with van der Waals surface area (Å²) in [6, 6.07) is 8.37. The molecule has 1 unspecified atom stereocenters. The van der Waals surface area contributed by atoms with Gasteiger partial charge >= 0.3 is 0 Å². The average molecular weight is 471 g/mol. The molecule has 0 bridgehead atoms. The highest BCUT2D eigenvalue weighted by Gasteiger charge is 2.25. The second-order valence-electron chi connectivity index (χ2n) is 6.06. The molecule has 1 fully saturated rings. The maximum Gasteiger partial charge on any atom is 0.223 e. The van der Waals surface area contributed by atoms with Crippen LogP contribution in [0.2, 0.25) is 0 Å². The highest BCUT2D eigenvalue weighted by atomic mass is 127. The van der Waals surface area contributed by atoms with E-state index in [1.54, 1.807) is 6.92 Å². The minimum absolute atomic E-state index is 0. The van der Waals surface area contributed by atoms with E-state index in [-0.39, 0.29) is 30.1 Å². The number of rotatable bonds is 4. The van der Waals surface area contributed by atoms with Crippen molar-refractivity contribution in [2.24, 2.45) is 4.99 Å². The van der Waals surface area contributed by atoms with Crippen molar-refractivity contribution in [3.8, 4) is 0 Å². The van der Waals surface area contributed by atoms with E-state index in [1.807, 2.05) is 0 Å². The van der Waals surface area contributed by atoms with Crippen LogP contribution in [0.15, 0.2) is 33.8 Å². The third-order valence-corrected chi connectivity index (χ3v) is 4.18. The van der Waals surface area contributed by atoms with Crippen LogP contribution in [0.5, 0.6) is 0 Å². The van der Waals surface area contributed by atoms with Crippen LogP contribution in [-0.4, -0.2) is 47.2 Å². The van der Waals surface area contributed by atoms with Crippen molar-refractivity contribution in [3.63, 3.8) is 0 Å². The molecule has 1 aromatic carbocycles. The van der Waals surface area contributed by atoms with Crippen LogP contribution in [0.4, 0.5) is 0 Å². The van der Waals surface area contributed by atoms with Crippen molar-refractivity contribution in [2.75, 3.05) is 26.2 Å². The van der Waals surface area contributed by atoms with Crippen molar-refractivity contribution in [1.29, 1.82) is 0 Å². The molecule has 0 aliphatic carbocycles. The van der Waals surface area contributed by atoms with E-state index in [0.29, 0.717) is 24.9 Å². The van der Waals surface area contributed by atoms with Gasteiger partial charge in [0.1, 0.15) is 12.6 Å². The largest absolute Gasteiger partial charge is 0.370 e. The molecule has 1 atom stereocenters. The number of aromatic nitrogens is 2. The van der Waals surface area contributed by atoms with E-state index < -0.39 is 0 Å². The number of benzene rings is 1. The highest BCUT2D eigenvalue weighted by molar-refractivity contribution is 14.0. The van der Waals surface area contributed by atoms with Crippen molar-refractivity contribution in [3.05, 3.63) is 47.1 Å². The fraction of sp³-hybridized carbons (Fsp3) is 0.500. The summed E-state index contributed by atoms with van der Waals surface area (Å²) in [5.74, 6) is 2.00. The van der Waals surface area contributed by atoms with Crippen LogP contribution in [0.1, 0.15) is 35.9 Å². The van der Waals surface area contributed by atoms with Crippen molar-refractivity contribution in [1.82, 2.24) is 20.4 Å². The first kappa shape index (κ1) is 20.6. The fourth-order valence-corrected chi connectivity index (χ4v) is 2.95. The molecule has 1 N–H and O–H groups in total. The molecule has 0 radical (unpaired) electrons. The molecule has 1 aromatic heterocycles. The quantitative estimate of drug-likeness (QED) is 0.420. The summed E-state index contributed by atoms with van der Waals surface area (Å²) >= 11 is 0. The molecular weight excluding hydrogens is 445 g/mol. The topological polar surface area (TPSA) is 75.8 Å². The number of nitrogens with zero attached hydrogens (tertiary/aromatic N) is 4. The van der Waals surface area contributed by atoms with Gasteiger partial charge in [-0.3, -0.25) is 0 Å². The number of guanidine groups is 1. The minimum Gasteiger partial charge on any atom is -0.370 e. The number of halogens is 1. The summed E-state index contributed by atoms with van der Waals surface area (Å²) in [7, 11) is 0. The third kappa shape index (κ3) is 5.16. The Balaban J connectivity index is 0.00000243. The van der Waals surface area contributed by atoms with Crippen molar-refractivity contribution < 1.29 is 9.26 Å². The highest BCUT2D eigenvalue weighted by Crippen LogP contribution is 2.25. The Labute approximate surface area is 171 Å². The molecule has 7 nitrogen and oxygen atoms in total. The summed E-state index contributed by atoms with van der Waals surface area (Å²) in [6.45, 7) is 9.40. The van der Waals surface area contributed by atoms with Gasteiger partial charge in [0.15, 0.2) is 11.8 Å². The first-order chi connectivity index (χ1) is 12.2. The van der Waals surface area contributed by atoms with E-state index in [0.717, 1.165) is 25.6 Å². The van der Waals surface area contributed by atoms with Crippen LogP contribution < -0.4 is 5.32 Å². The molecule has 3 rings (SSSR count). The zero-order valence-corrected chi connectivity index (χ0v) is 17.8. The standard InChI is InChI=1S/C18H25N5O2.HI/c1-4-19-18(20-11-17-21-14(3)25-22-17)23-9-10-24-16(12-23)15-8-6-5-7-13(15)2;/h5-8,16H,4,9-12H2,1-3H3,(H,19,20);1H. The molecule has 26 heavy (non-hydrogen) atoms. The maximum absolute atomic E-state index is 6.01. The zero-order valence-electron chi connectivity index (χ0n) is 15.4. The number of morpholine rings is 1. The van der Waals surface area contributed by atoms with Gasteiger partial charge in [0.2, 0.25) is 5.89 Å². The molecule has 0 amide bonds. The SMILES string of the molecule is CCNC(=NCc1noc(C)n1)N1CCOC(c2ccccc2C)C1.I. The Morgan fingerprint density at radius 2 is 2.15 bits per heavy atom. The first-order valence-corrected chi connectivity index (χ1v) is 8.67. The Morgan fingerprint density at radius 3 is 2.85 bits per heavy atom. The normalized spacial score (nSPS) is 17.7. The van der Waals surface area contributed by atoms with E-state index in [9.17, 15) is 0 Å². The molecule has 0 saturated carbocycles. The van der Waals surface area contributed by atoms with E-state index in [1.165, 1.54) is 11.1 Å². The van der Waals surface area contributed by atoms with Crippen molar-refractivity contribution >= 4 is 29.9 Å². The Morgan fingerprint density at radius 1 is 1.35 bits per heavy atom. The summed E-state index contributed by atoms with van der Waals surface area (Å²) in [5.41, 5.74) is 2.48. The van der Waals surface area contributed by atoms with Gasteiger partial charge in [0, 0.05) is 20.0 Å². The number of hydrogen-bond acceptors (Lipinski definition) is 5. The van der Waals surface area contributed by atoms with E-state index in [2.05, 4.69) is 63.5 Å². The van der Waals surface area contributed by atoms with Crippen LogP contribution in [0, 0.1) is 13.8 Å². The summed E-state index contributed by atoms with van der Waals surface area (Å²) < 4.78 is 11.0. The van der Waals surface area contributed by atoms with Crippen LogP contribution in [0.25, 0.3) is 0 Å². The van der Waals surface area contributed by atoms with Gasteiger partial charge < -0.3 is 19.5 Å². The third-order valence-electron chi connectivity index (χ3n) is 4.18. The van der Waals surface area contributed by atoms with E-state index >= 15 is 0 Å². The lowest BCUT2D eigenvalue weighted by atomic mass is 10.0. The lowest BCUT2D eigenvalue weighted by molar-refractivity contribution is -0.00834. The second kappa shape index (κ2) is 9.86. The summed E-state index contributed by atoms with van der Waals surface area (Å²) in [5, 5.41) is 7.25. The van der Waals surface area contributed by atoms with Crippen LogP contribution in [-0.2, 0) is 11.3 Å². The smallest absolute Gasteiger partial charge is 0.223 e. The van der Waals surface area contributed by atoms with Crippen molar-refractivity contribution in [2.45, 2.75) is 33.4 Å².